The predicted octanol–water partition coefficient (Wildman–Crippen LogP) is 2.14. The summed E-state index contributed by atoms with van der Waals surface area (Å²) in [6.07, 6.45) is -5.91. The number of hydrogen-bond acceptors (Lipinski definition) is 3. The summed E-state index contributed by atoms with van der Waals surface area (Å²) in [7, 11) is 0. The molecule has 21 heavy (non-hydrogen) atoms. The van der Waals surface area contributed by atoms with Crippen LogP contribution in [0, 0.1) is 0 Å². The second-order valence-electron chi connectivity index (χ2n) is 5.95. The van der Waals surface area contributed by atoms with Crippen molar-refractivity contribution < 1.29 is 22.8 Å². The van der Waals surface area contributed by atoms with Gasteiger partial charge in [0.25, 0.3) is 0 Å². The molecule has 2 amide bonds. The Hall–Kier alpha value is -0.920. The monoisotopic (exact) mass is 326 g/mol. The molecule has 122 valence electrons. The highest BCUT2D eigenvalue weighted by molar-refractivity contribution is 8.01. The lowest BCUT2D eigenvalue weighted by atomic mass is 10.2. The quantitative estimate of drug-likeness (QED) is 0.798. The first-order valence-corrected chi connectivity index (χ1v) is 7.73. The highest BCUT2D eigenvalue weighted by atomic mass is 32.2. The fourth-order valence-electron chi connectivity index (χ4n) is 1.86. The van der Waals surface area contributed by atoms with Crippen LogP contribution in [0.3, 0.4) is 0 Å². The minimum Gasteiger partial charge on any atom is -0.339 e. The van der Waals surface area contributed by atoms with E-state index < -0.39 is 18.5 Å². The molecule has 1 heterocycles. The van der Waals surface area contributed by atoms with Crippen LogP contribution in [-0.2, 0) is 9.59 Å². The molecule has 0 saturated carbocycles. The molecule has 1 fully saturated rings. The van der Waals surface area contributed by atoms with E-state index in [9.17, 15) is 22.8 Å². The van der Waals surface area contributed by atoms with E-state index in [1.54, 1.807) is 4.90 Å². The Morgan fingerprint density at radius 1 is 0.952 bits per heavy atom. The molecule has 1 aliphatic rings. The van der Waals surface area contributed by atoms with E-state index in [2.05, 4.69) is 0 Å². The van der Waals surface area contributed by atoms with Crippen LogP contribution in [-0.4, -0.2) is 64.5 Å². The second kappa shape index (κ2) is 6.89. The van der Waals surface area contributed by atoms with Crippen LogP contribution in [0.25, 0.3) is 0 Å². The largest absolute Gasteiger partial charge is 0.397 e. The van der Waals surface area contributed by atoms with Gasteiger partial charge in [0.15, 0.2) is 0 Å². The molecule has 0 aromatic rings. The third kappa shape index (κ3) is 7.06. The lowest BCUT2D eigenvalue weighted by Crippen LogP contribution is -2.51. The van der Waals surface area contributed by atoms with Crippen molar-refractivity contribution in [2.75, 3.05) is 31.9 Å². The second-order valence-corrected chi connectivity index (χ2v) is 7.76. The van der Waals surface area contributed by atoms with E-state index >= 15 is 0 Å². The molecule has 0 spiro atoms. The van der Waals surface area contributed by atoms with Gasteiger partial charge in [0, 0.05) is 30.9 Å². The Labute approximate surface area is 127 Å². The summed E-state index contributed by atoms with van der Waals surface area (Å²) >= 11 is 1.53. The van der Waals surface area contributed by atoms with E-state index in [0.29, 0.717) is 18.8 Å². The van der Waals surface area contributed by atoms with Gasteiger partial charge in [-0.3, -0.25) is 9.59 Å². The first kappa shape index (κ1) is 18.1. The topological polar surface area (TPSA) is 40.6 Å². The van der Waals surface area contributed by atoms with Gasteiger partial charge in [-0.1, -0.05) is 20.8 Å². The maximum atomic E-state index is 12.2. The zero-order chi connectivity index (χ0) is 16.3. The third-order valence-electron chi connectivity index (χ3n) is 2.97. The van der Waals surface area contributed by atoms with E-state index in [4.69, 9.17) is 0 Å². The van der Waals surface area contributed by atoms with Crippen LogP contribution < -0.4 is 0 Å². The summed E-state index contributed by atoms with van der Waals surface area (Å²) in [6.45, 7) is 6.97. The lowest BCUT2D eigenvalue weighted by molar-refractivity contribution is -0.163. The molecule has 4 nitrogen and oxygen atoms in total. The number of hydrogen-bond donors (Lipinski definition) is 0. The fraction of sp³-hybridized carbons (Fsp3) is 0.846. The number of halogens is 3. The minimum atomic E-state index is -4.48. The van der Waals surface area contributed by atoms with Crippen molar-refractivity contribution in [3.63, 3.8) is 0 Å². The molecule has 0 aliphatic carbocycles. The van der Waals surface area contributed by atoms with Crippen molar-refractivity contribution in [3.05, 3.63) is 0 Å². The number of nitrogens with zero attached hydrogens (tertiary/aromatic N) is 2. The van der Waals surface area contributed by atoms with Gasteiger partial charge in [0.2, 0.25) is 11.8 Å². The van der Waals surface area contributed by atoms with E-state index in [1.165, 1.54) is 16.7 Å². The van der Waals surface area contributed by atoms with Crippen molar-refractivity contribution in [2.24, 2.45) is 0 Å². The summed E-state index contributed by atoms with van der Waals surface area (Å²) in [5.74, 6) is -0.600. The number of piperazine rings is 1. The zero-order valence-electron chi connectivity index (χ0n) is 12.5. The molecular weight excluding hydrogens is 305 g/mol. The van der Waals surface area contributed by atoms with E-state index in [-0.39, 0.29) is 23.7 Å². The van der Waals surface area contributed by atoms with Crippen molar-refractivity contribution in [2.45, 2.75) is 38.1 Å². The van der Waals surface area contributed by atoms with Gasteiger partial charge in [-0.05, 0) is 0 Å². The maximum Gasteiger partial charge on any atom is 0.397 e. The van der Waals surface area contributed by atoms with Gasteiger partial charge in [-0.2, -0.15) is 13.2 Å². The third-order valence-corrected chi connectivity index (χ3v) is 4.22. The van der Waals surface area contributed by atoms with Crippen molar-refractivity contribution in [3.8, 4) is 0 Å². The Bertz CT molecular complexity index is 386. The van der Waals surface area contributed by atoms with Gasteiger partial charge >= 0.3 is 6.18 Å². The standard InChI is InChI=1S/C13H21F3N2O2S/c1-12(2,3)21-9-11(20)18-6-4-17(5-7-18)10(19)8-13(14,15)16/h4-9H2,1-3H3. The van der Waals surface area contributed by atoms with Crippen molar-refractivity contribution in [1.29, 1.82) is 0 Å². The number of carbonyl (C=O) groups is 2. The van der Waals surface area contributed by atoms with Crippen LogP contribution in [0.2, 0.25) is 0 Å². The average Bonchev–Trinajstić information content (AvgIpc) is 2.33. The molecule has 0 N–H and O–H groups in total. The SMILES string of the molecule is CC(C)(C)SCC(=O)N1CCN(C(=O)CC(F)(F)F)CC1. The molecule has 1 rings (SSSR count). The number of alkyl halides is 3. The first-order valence-electron chi connectivity index (χ1n) is 6.74. The number of amides is 2. The average molecular weight is 326 g/mol. The lowest BCUT2D eigenvalue weighted by Gasteiger charge is -2.35. The van der Waals surface area contributed by atoms with Gasteiger partial charge < -0.3 is 9.80 Å². The Kier molecular flexibility index (Phi) is 5.95. The highest BCUT2D eigenvalue weighted by Crippen LogP contribution is 2.24. The zero-order valence-corrected chi connectivity index (χ0v) is 13.3. The van der Waals surface area contributed by atoms with Crippen LogP contribution in [0.15, 0.2) is 0 Å². The summed E-state index contributed by atoms with van der Waals surface area (Å²) in [4.78, 5) is 26.2. The van der Waals surface area contributed by atoms with E-state index in [0.717, 1.165) is 0 Å². The van der Waals surface area contributed by atoms with Gasteiger partial charge in [0.1, 0.15) is 6.42 Å². The number of carbonyl (C=O) groups excluding carboxylic acids is 2. The highest BCUT2D eigenvalue weighted by Gasteiger charge is 2.34. The Balaban J connectivity index is 2.38. The molecule has 1 saturated heterocycles. The van der Waals surface area contributed by atoms with Crippen LogP contribution in [0.4, 0.5) is 13.2 Å². The van der Waals surface area contributed by atoms with Crippen LogP contribution in [0.5, 0.6) is 0 Å². The minimum absolute atomic E-state index is 0.0137. The molecule has 0 aromatic carbocycles. The van der Waals surface area contributed by atoms with Gasteiger partial charge in [-0.15, -0.1) is 11.8 Å². The molecular formula is C13H21F3N2O2S. The van der Waals surface area contributed by atoms with Gasteiger partial charge in [-0.25, -0.2) is 0 Å². The normalized spacial score (nSPS) is 17.0. The van der Waals surface area contributed by atoms with E-state index in [1.807, 2.05) is 20.8 Å². The summed E-state index contributed by atoms with van der Waals surface area (Å²) in [5.41, 5.74) is 0. The van der Waals surface area contributed by atoms with Gasteiger partial charge in [0.05, 0.1) is 5.75 Å². The first-order chi connectivity index (χ1) is 9.48. The predicted molar refractivity (Wildman–Crippen MR) is 76.0 cm³/mol. The van der Waals surface area contributed by atoms with Crippen LogP contribution >= 0.6 is 11.8 Å². The molecule has 0 unspecified atom stereocenters. The van der Waals surface area contributed by atoms with Crippen LogP contribution in [0.1, 0.15) is 27.2 Å². The maximum absolute atomic E-state index is 12.2. The molecule has 1 aliphatic heterocycles. The summed E-state index contributed by atoms with van der Waals surface area (Å²) < 4.78 is 36.5. The molecule has 8 heteroatoms. The molecule has 0 atom stereocenters. The number of rotatable bonds is 3. The van der Waals surface area contributed by atoms with Crippen molar-refractivity contribution in [1.82, 2.24) is 9.80 Å². The number of thioether (sulfide) groups is 1. The summed E-state index contributed by atoms with van der Waals surface area (Å²) in [5, 5.41) is 0. The molecule has 0 aromatic heterocycles. The molecule has 0 radical (unpaired) electrons. The Morgan fingerprint density at radius 3 is 1.76 bits per heavy atom. The van der Waals surface area contributed by atoms with Crippen molar-refractivity contribution >= 4 is 23.6 Å². The summed E-state index contributed by atoms with van der Waals surface area (Å²) in [6, 6.07) is 0. The fourth-order valence-corrected chi connectivity index (χ4v) is 2.60. The smallest absolute Gasteiger partial charge is 0.339 e. The Morgan fingerprint density at radius 2 is 1.38 bits per heavy atom. The molecule has 0 bridgehead atoms.